The van der Waals surface area contributed by atoms with Gasteiger partial charge in [0.15, 0.2) is 0 Å². The molecule has 5 nitrogen and oxygen atoms in total. The van der Waals surface area contributed by atoms with Crippen molar-refractivity contribution in [2.45, 2.75) is 25.8 Å². The number of likely N-dealkylation sites (tertiary alicyclic amines) is 1. The third kappa shape index (κ3) is 5.47. The highest BCUT2D eigenvalue weighted by molar-refractivity contribution is 6.36. The Bertz CT molecular complexity index is 864. The van der Waals surface area contributed by atoms with Gasteiger partial charge in [0.25, 0.3) is 5.91 Å². The van der Waals surface area contributed by atoms with Crippen LogP contribution in [-0.4, -0.2) is 42.4 Å². The minimum Gasteiger partial charge on any atom is -0.349 e. The van der Waals surface area contributed by atoms with Crippen molar-refractivity contribution in [1.82, 2.24) is 10.2 Å². The Hall–Kier alpha value is -2.08. The summed E-state index contributed by atoms with van der Waals surface area (Å²) in [7, 11) is 0. The van der Waals surface area contributed by atoms with Crippen molar-refractivity contribution >= 4 is 40.7 Å². The lowest BCUT2D eigenvalue weighted by Crippen LogP contribution is -2.46. The highest BCUT2D eigenvalue weighted by Gasteiger charge is 2.23. The van der Waals surface area contributed by atoms with Crippen molar-refractivity contribution in [2.24, 2.45) is 0 Å². The third-order valence-electron chi connectivity index (χ3n) is 4.88. The normalized spacial score (nSPS) is 15.2. The van der Waals surface area contributed by atoms with Crippen molar-refractivity contribution in [3.63, 3.8) is 0 Å². The lowest BCUT2D eigenvalue weighted by molar-refractivity contribution is -0.117. The fourth-order valence-corrected chi connectivity index (χ4v) is 3.77. The zero-order valence-electron chi connectivity index (χ0n) is 15.7. The van der Waals surface area contributed by atoms with Gasteiger partial charge < -0.3 is 10.6 Å². The van der Waals surface area contributed by atoms with Crippen LogP contribution < -0.4 is 10.6 Å². The van der Waals surface area contributed by atoms with Crippen molar-refractivity contribution in [1.29, 1.82) is 0 Å². The van der Waals surface area contributed by atoms with Gasteiger partial charge in [-0.15, -0.1) is 0 Å². The molecule has 148 valence electrons. The number of carbonyl (C=O) groups is 2. The Kier molecular flexibility index (Phi) is 6.94. The van der Waals surface area contributed by atoms with E-state index in [1.807, 2.05) is 31.2 Å². The van der Waals surface area contributed by atoms with E-state index in [2.05, 4.69) is 15.5 Å². The molecule has 0 atom stereocenters. The summed E-state index contributed by atoms with van der Waals surface area (Å²) in [6.45, 7) is 3.72. The number of aryl methyl sites for hydroxylation is 1. The van der Waals surface area contributed by atoms with Crippen LogP contribution in [0.25, 0.3) is 0 Å². The summed E-state index contributed by atoms with van der Waals surface area (Å²) < 4.78 is 0. The Labute approximate surface area is 175 Å². The van der Waals surface area contributed by atoms with Crippen LogP contribution in [0.1, 0.15) is 28.8 Å². The summed E-state index contributed by atoms with van der Waals surface area (Å²) >= 11 is 12.0. The molecule has 2 N–H and O–H groups in total. The van der Waals surface area contributed by atoms with Gasteiger partial charge >= 0.3 is 0 Å². The minimum atomic E-state index is -0.119. The molecule has 0 saturated carbocycles. The number of hydrogen-bond donors (Lipinski definition) is 2. The van der Waals surface area contributed by atoms with Crippen molar-refractivity contribution in [3.8, 4) is 0 Å². The number of carbonyl (C=O) groups excluding carboxylic acids is 2. The summed E-state index contributed by atoms with van der Waals surface area (Å²) in [6, 6.07) is 12.7. The lowest BCUT2D eigenvalue weighted by atomic mass is 10.0. The van der Waals surface area contributed by atoms with Gasteiger partial charge in [0.05, 0.1) is 17.3 Å². The average Bonchev–Trinajstić information content (AvgIpc) is 2.66. The molecule has 28 heavy (non-hydrogen) atoms. The monoisotopic (exact) mass is 419 g/mol. The highest BCUT2D eigenvalue weighted by atomic mass is 35.5. The topological polar surface area (TPSA) is 61.4 Å². The number of nitrogens with one attached hydrogen (secondary N) is 2. The van der Waals surface area contributed by atoms with Gasteiger partial charge in [-0.3, -0.25) is 14.5 Å². The summed E-state index contributed by atoms with van der Waals surface area (Å²) in [4.78, 5) is 26.8. The first kappa shape index (κ1) is 20.6. The van der Waals surface area contributed by atoms with Crippen molar-refractivity contribution in [2.75, 3.05) is 25.0 Å². The van der Waals surface area contributed by atoms with Gasteiger partial charge in [0.1, 0.15) is 0 Å². The lowest BCUT2D eigenvalue weighted by Gasteiger charge is -2.32. The zero-order valence-corrected chi connectivity index (χ0v) is 17.2. The molecule has 0 unspecified atom stereocenters. The molecular formula is C21H23Cl2N3O2. The third-order valence-corrected chi connectivity index (χ3v) is 5.43. The standard InChI is InChI=1S/C21H23Cl2N3O2/c1-14-4-2-3-5-17(14)21(28)24-16-8-10-26(11-9-16)13-20(27)25-19-7-6-15(22)12-18(19)23/h2-7,12,16H,8-11,13H2,1H3,(H,24,28)(H,25,27). The molecule has 2 amide bonds. The predicted molar refractivity (Wildman–Crippen MR) is 113 cm³/mol. The molecule has 1 aliphatic rings. The molecule has 0 bridgehead atoms. The maximum atomic E-state index is 12.4. The maximum absolute atomic E-state index is 12.4. The van der Waals surface area contributed by atoms with Crippen molar-refractivity contribution < 1.29 is 9.59 Å². The van der Waals surface area contributed by atoms with Crippen LogP contribution in [0.4, 0.5) is 5.69 Å². The Balaban J connectivity index is 1.45. The van der Waals surface area contributed by atoms with E-state index in [4.69, 9.17) is 23.2 Å². The number of halogens is 2. The minimum absolute atomic E-state index is 0.0355. The van der Waals surface area contributed by atoms with E-state index in [9.17, 15) is 9.59 Å². The number of amides is 2. The van der Waals surface area contributed by atoms with Crippen LogP contribution >= 0.6 is 23.2 Å². The maximum Gasteiger partial charge on any atom is 0.251 e. The molecule has 2 aromatic rings. The largest absolute Gasteiger partial charge is 0.349 e. The number of rotatable bonds is 5. The van der Waals surface area contributed by atoms with Gasteiger partial charge in [0.2, 0.25) is 5.91 Å². The molecule has 0 aromatic heterocycles. The summed E-state index contributed by atoms with van der Waals surface area (Å²) in [5.41, 5.74) is 2.23. The van der Waals surface area contributed by atoms with E-state index in [0.29, 0.717) is 21.3 Å². The van der Waals surface area contributed by atoms with E-state index in [1.165, 1.54) is 0 Å². The number of benzene rings is 2. The Morgan fingerprint density at radius 1 is 1.11 bits per heavy atom. The number of piperidine rings is 1. The van der Waals surface area contributed by atoms with Gasteiger partial charge in [-0.25, -0.2) is 0 Å². The molecule has 1 heterocycles. The summed E-state index contributed by atoms with van der Waals surface area (Å²) in [5, 5.41) is 6.86. The number of anilines is 1. The van der Waals surface area contributed by atoms with E-state index in [0.717, 1.165) is 31.5 Å². The van der Waals surface area contributed by atoms with Crippen LogP contribution in [0, 0.1) is 6.92 Å². The van der Waals surface area contributed by atoms with Crippen molar-refractivity contribution in [3.05, 3.63) is 63.6 Å². The van der Waals surface area contributed by atoms with E-state index < -0.39 is 0 Å². The second-order valence-corrected chi connectivity index (χ2v) is 7.85. The number of nitrogens with zero attached hydrogens (tertiary/aromatic N) is 1. The van der Waals surface area contributed by atoms with Crippen LogP contribution in [-0.2, 0) is 4.79 Å². The smallest absolute Gasteiger partial charge is 0.251 e. The number of hydrogen-bond acceptors (Lipinski definition) is 3. The van der Waals surface area contributed by atoms with Crippen LogP contribution in [0.15, 0.2) is 42.5 Å². The molecular weight excluding hydrogens is 397 g/mol. The molecule has 0 spiro atoms. The molecule has 1 aliphatic heterocycles. The molecule has 1 saturated heterocycles. The summed E-state index contributed by atoms with van der Waals surface area (Å²) in [5.74, 6) is -0.154. The van der Waals surface area contributed by atoms with Gasteiger partial charge in [-0.05, 0) is 49.6 Å². The second-order valence-electron chi connectivity index (χ2n) is 7.01. The fraction of sp³-hybridized carbons (Fsp3) is 0.333. The van der Waals surface area contributed by atoms with Crippen LogP contribution in [0.2, 0.25) is 10.0 Å². The quantitative estimate of drug-likeness (QED) is 0.765. The highest BCUT2D eigenvalue weighted by Crippen LogP contribution is 2.25. The first-order chi connectivity index (χ1) is 13.4. The molecule has 1 fully saturated rings. The molecule has 0 aliphatic carbocycles. The first-order valence-electron chi connectivity index (χ1n) is 9.26. The van der Waals surface area contributed by atoms with Gasteiger partial charge in [-0.1, -0.05) is 41.4 Å². The zero-order chi connectivity index (χ0) is 20.1. The van der Waals surface area contributed by atoms with Crippen LogP contribution in [0.5, 0.6) is 0 Å². The second kappa shape index (κ2) is 9.41. The van der Waals surface area contributed by atoms with E-state index >= 15 is 0 Å². The molecule has 7 heteroatoms. The van der Waals surface area contributed by atoms with Crippen LogP contribution in [0.3, 0.4) is 0 Å². The Morgan fingerprint density at radius 3 is 2.50 bits per heavy atom. The predicted octanol–water partition coefficient (Wildman–Crippen LogP) is 4.13. The SMILES string of the molecule is Cc1ccccc1C(=O)NC1CCN(CC(=O)Nc2ccc(Cl)cc2Cl)CC1. The Morgan fingerprint density at radius 2 is 1.82 bits per heavy atom. The van der Waals surface area contributed by atoms with Gasteiger partial charge in [-0.2, -0.15) is 0 Å². The van der Waals surface area contributed by atoms with E-state index in [-0.39, 0.29) is 24.4 Å². The van der Waals surface area contributed by atoms with E-state index in [1.54, 1.807) is 18.2 Å². The molecule has 2 aromatic carbocycles. The first-order valence-corrected chi connectivity index (χ1v) is 10.0. The molecule has 3 rings (SSSR count). The fourth-order valence-electron chi connectivity index (χ4n) is 3.31. The summed E-state index contributed by atoms with van der Waals surface area (Å²) in [6.07, 6.45) is 1.62. The van der Waals surface area contributed by atoms with Gasteiger partial charge in [0, 0.05) is 29.7 Å². The molecule has 0 radical (unpaired) electrons. The average molecular weight is 420 g/mol.